The highest BCUT2D eigenvalue weighted by Gasteiger charge is 2.12. The fourth-order valence-corrected chi connectivity index (χ4v) is 1.30. The number of carbonyl (C=O) groups excluding carboxylic acids is 1. The summed E-state index contributed by atoms with van der Waals surface area (Å²) in [6, 6.07) is 0. The highest BCUT2D eigenvalue weighted by molar-refractivity contribution is 5.72. The lowest BCUT2D eigenvalue weighted by atomic mass is 10.2. The highest BCUT2D eigenvalue weighted by Crippen LogP contribution is 1.98. The van der Waals surface area contributed by atoms with E-state index in [9.17, 15) is 4.79 Å². The Balaban J connectivity index is 2.27. The van der Waals surface area contributed by atoms with Crippen molar-refractivity contribution in [1.82, 2.24) is 15.3 Å². The highest BCUT2D eigenvalue weighted by atomic mass is 16.5. The molecular weight excluding hydrogens is 218 g/mol. The standard InChI is InChI=1S/C12H19N3O2/c1-4-17-12(16)9(2)5-13-7-11-8-14-10(3)6-15-11/h6,8-9,13H,4-5,7H2,1-3H3. The largest absolute Gasteiger partial charge is 0.466 e. The van der Waals surface area contributed by atoms with Crippen molar-refractivity contribution in [2.75, 3.05) is 13.2 Å². The Morgan fingerprint density at radius 2 is 2.24 bits per heavy atom. The van der Waals surface area contributed by atoms with Crippen molar-refractivity contribution in [3.63, 3.8) is 0 Å². The summed E-state index contributed by atoms with van der Waals surface area (Å²) in [7, 11) is 0. The van der Waals surface area contributed by atoms with Crippen molar-refractivity contribution < 1.29 is 9.53 Å². The summed E-state index contributed by atoms with van der Waals surface area (Å²) < 4.78 is 4.92. The van der Waals surface area contributed by atoms with Gasteiger partial charge in [0.05, 0.1) is 23.9 Å². The number of aromatic nitrogens is 2. The molecule has 1 rings (SSSR count). The minimum Gasteiger partial charge on any atom is -0.466 e. The zero-order chi connectivity index (χ0) is 12.7. The van der Waals surface area contributed by atoms with Crippen molar-refractivity contribution in [3.05, 3.63) is 23.8 Å². The summed E-state index contributed by atoms with van der Waals surface area (Å²) in [6.07, 6.45) is 3.46. The molecule has 1 N–H and O–H groups in total. The van der Waals surface area contributed by atoms with Crippen LogP contribution in [-0.2, 0) is 16.1 Å². The first-order valence-corrected chi connectivity index (χ1v) is 5.78. The average Bonchev–Trinajstić information content (AvgIpc) is 2.32. The molecule has 0 spiro atoms. The summed E-state index contributed by atoms with van der Waals surface area (Å²) in [4.78, 5) is 19.7. The van der Waals surface area contributed by atoms with Gasteiger partial charge in [0.2, 0.25) is 0 Å². The number of rotatable bonds is 6. The van der Waals surface area contributed by atoms with E-state index in [4.69, 9.17) is 4.74 Å². The van der Waals surface area contributed by atoms with Crippen LogP contribution in [0.2, 0.25) is 0 Å². The molecule has 5 nitrogen and oxygen atoms in total. The molecule has 1 heterocycles. The van der Waals surface area contributed by atoms with Crippen LogP contribution in [0, 0.1) is 12.8 Å². The van der Waals surface area contributed by atoms with Crippen LogP contribution in [0.4, 0.5) is 0 Å². The summed E-state index contributed by atoms with van der Waals surface area (Å²) in [5, 5.41) is 3.16. The van der Waals surface area contributed by atoms with Crippen LogP contribution in [-0.4, -0.2) is 29.1 Å². The van der Waals surface area contributed by atoms with Gasteiger partial charge in [-0.15, -0.1) is 0 Å². The molecule has 0 radical (unpaired) electrons. The number of hydrogen-bond acceptors (Lipinski definition) is 5. The Kier molecular flexibility index (Phi) is 5.56. The number of hydrogen-bond donors (Lipinski definition) is 1. The molecule has 0 aliphatic rings. The molecule has 0 saturated heterocycles. The second-order valence-corrected chi connectivity index (χ2v) is 3.93. The lowest BCUT2D eigenvalue weighted by Gasteiger charge is -2.11. The van der Waals surface area contributed by atoms with Crippen LogP contribution in [0.15, 0.2) is 12.4 Å². The summed E-state index contributed by atoms with van der Waals surface area (Å²) in [5.41, 5.74) is 1.76. The number of carbonyl (C=O) groups is 1. The molecule has 1 atom stereocenters. The van der Waals surface area contributed by atoms with E-state index >= 15 is 0 Å². The van der Waals surface area contributed by atoms with Crippen LogP contribution in [0.1, 0.15) is 25.2 Å². The number of aryl methyl sites for hydroxylation is 1. The minimum absolute atomic E-state index is 0.145. The van der Waals surface area contributed by atoms with E-state index in [1.807, 2.05) is 13.8 Å². The van der Waals surface area contributed by atoms with Crippen molar-refractivity contribution >= 4 is 5.97 Å². The number of esters is 1. The Hall–Kier alpha value is -1.49. The fourth-order valence-electron chi connectivity index (χ4n) is 1.30. The minimum atomic E-state index is -0.171. The van der Waals surface area contributed by atoms with Gasteiger partial charge in [0, 0.05) is 25.5 Å². The first kappa shape index (κ1) is 13.6. The Morgan fingerprint density at radius 3 is 2.82 bits per heavy atom. The van der Waals surface area contributed by atoms with Gasteiger partial charge in [-0.1, -0.05) is 6.92 Å². The molecular formula is C12H19N3O2. The molecule has 0 aliphatic heterocycles. The van der Waals surface area contributed by atoms with E-state index in [0.29, 0.717) is 19.7 Å². The third-order valence-corrected chi connectivity index (χ3v) is 2.28. The van der Waals surface area contributed by atoms with Crippen molar-refractivity contribution in [1.29, 1.82) is 0 Å². The van der Waals surface area contributed by atoms with E-state index < -0.39 is 0 Å². The Bertz CT molecular complexity index is 351. The van der Waals surface area contributed by atoms with E-state index in [1.165, 1.54) is 0 Å². The van der Waals surface area contributed by atoms with E-state index in [-0.39, 0.29) is 11.9 Å². The predicted molar refractivity (Wildman–Crippen MR) is 64.3 cm³/mol. The van der Waals surface area contributed by atoms with Gasteiger partial charge >= 0.3 is 5.97 Å². The normalized spacial score (nSPS) is 12.2. The fraction of sp³-hybridized carbons (Fsp3) is 0.583. The summed E-state index contributed by atoms with van der Waals surface area (Å²) >= 11 is 0. The van der Waals surface area contributed by atoms with Crippen LogP contribution in [0.25, 0.3) is 0 Å². The molecule has 0 aromatic carbocycles. The smallest absolute Gasteiger partial charge is 0.309 e. The molecule has 17 heavy (non-hydrogen) atoms. The number of ether oxygens (including phenoxy) is 1. The van der Waals surface area contributed by atoms with E-state index in [1.54, 1.807) is 19.3 Å². The van der Waals surface area contributed by atoms with Gasteiger partial charge < -0.3 is 10.1 Å². The molecule has 0 fully saturated rings. The van der Waals surface area contributed by atoms with Gasteiger partial charge in [0.25, 0.3) is 0 Å². The summed E-state index contributed by atoms with van der Waals surface area (Å²) in [5.74, 6) is -0.316. The van der Waals surface area contributed by atoms with Gasteiger partial charge in [-0.3, -0.25) is 14.8 Å². The van der Waals surface area contributed by atoms with Gasteiger partial charge in [-0.05, 0) is 13.8 Å². The Labute approximate surface area is 102 Å². The van der Waals surface area contributed by atoms with Crippen LogP contribution in [0.3, 0.4) is 0 Å². The first-order chi connectivity index (χ1) is 8.13. The number of nitrogens with zero attached hydrogens (tertiary/aromatic N) is 2. The maximum Gasteiger partial charge on any atom is 0.309 e. The zero-order valence-electron chi connectivity index (χ0n) is 10.6. The molecule has 0 bridgehead atoms. The number of nitrogens with one attached hydrogen (secondary N) is 1. The second-order valence-electron chi connectivity index (χ2n) is 3.93. The lowest BCUT2D eigenvalue weighted by molar-refractivity contribution is -0.147. The summed E-state index contributed by atoms with van der Waals surface area (Å²) in [6.45, 7) is 7.15. The molecule has 0 saturated carbocycles. The monoisotopic (exact) mass is 237 g/mol. The lowest BCUT2D eigenvalue weighted by Crippen LogP contribution is -2.27. The molecule has 94 valence electrons. The van der Waals surface area contributed by atoms with E-state index in [0.717, 1.165) is 11.4 Å². The predicted octanol–water partition coefficient (Wildman–Crippen LogP) is 1.07. The topological polar surface area (TPSA) is 64.1 Å². The van der Waals surface area contributed by atoms with Gasteiger partial charge in [-0.2, -0.15) is 0 Å². The third-order valence-electron chi connectivity index (χ3n) is 2.28. The third kappa shape index (κ3) is 4.91. The van der Waals surface area contributed by atoms with Crippen molar-refractivity contribution in [2.24, 2.45) is 5.92 Å². The SMILES string of the molecule is CCOC(=O)C(C)CNCc1cnc(C)cn1. The molecule has 1 aromatic rings. The molecule has 0 aliphatic carbocycles. The molecule has 1 unspecified atom stereocenters. The van der Waals surface area contributed by atoms with Crippen LogP contribution >= 0.6 is 0 Å². The van der Waals surface area contributed by atoms with Crippen LogP contribution < -0.4 is 5.32 Å². The van der Waals surface area contributed by atoms with Crippen molar-refractivity contribution in [3.8, 4) is 0 Å². The molecule has 0 amide bonds. The van der Waals surface area contributed by atoms with Crippen LogP contribution in [0.5, 0.6) is 0 Å². The maximum atomic E-state index is 11.3. The second kappa shape index (κ2) is 6.96. The van der Waals surface area contributed by atoms with Crippen molar-refractivity contribution in [2.45, 2.75) is 27.3 Å². The zero-order valence-corrected chi connectivity index (χ0v) is 10.6. The van der Waals surface area contributed by atoms with E-state index in [2.05, 4.69) is 15.3 Å². The van der Waals surface area contributed by atoms with Gasteiger partial charge in [-0.25, -0.2) is 0 Å². The molecule has 1 aromatic heterocycles. The maximum absolute atomic E-state index is 11.3. The average molecular weight is 237 g/mol. The Morgan fingerprint density at radius 1 is 1.47 bits per heavy atom. The molecule has 5 heteroatoms. The van der Waals surface area contributed by atoms with Gasteiger partial charge in [0.1, 0.15) is 0 Å². The van der Waals surface area contributed by atoms with Gasteiger partial charge in [0.15, 0.2) is 0 Å². The first-order valence-electron chi connectivity index (χ1n) is 5.78. The quantitative estimate of drug-likeness (QED) is 0.750.